The second kappa shape index (κ2) is 9.67. The number of piperidine rings is 1. The third-order valence-corrected chi connectivity index (χ3v) is 6.64. The van der Waals surface area contributed by atoms with Crippen LogP contribution in [-0.2, 0) is 13.0 Å². The fourth-order valence-corrected chi connectivity index (χ4v) is 4.77. The number of pyridine rings is 1. The molecule has 0 aliphatic carbocycles. The van der Waals surface area contributed by atoms with Crippen molar-refractivity contribution in [3.8, 4) is 5.75 Å². The van der Waals surface area contributed by atoms with Crippen LogP contribution in [-0.4, -0.2) is 34.0 Å². The van der Waals surface area contributed by atoms with Gasteiger partial charge in [0.05, 0.1) is 16.8 Å². The van der Waals surface area contributed by atoms with Crippen LogP contribution in [0.25, 0.3) is 10.9 Å². The van der Waals surface area contributed by atoms with Crippen LogP contribution in [0.1, 0.15) is 45.8 Å². The molecule has 1 saturated heterocycles. The number of aromatic nitrogens is 2. The molecule has 2 aromatic carbocycles. The van der Waals surface area contributed by atoms with Crippen molar-refractivity contribution in [1.29, 1.82) is 0 Å². The van der Waals surface area contributed by atoms with Gasteiger partial charge in [-0.3, -0.25) is 9.78 Å². The van der Waals surface area contributed by atoms with Gasteiger partial charge in [-0.2, -0.15) is 0 Å². The molecular weight excluding hydrogens is 426 g/mol. The van der Waals surface area contributed by atoms with Crippen molar-refractivity contribution in [3.05, 3.63) is 88.9 Å². The van der Waals surface area contributed by atoms with Gasteiger partial charge in [-0.1, -0.05) is 23.4 Å². The number of likely N-dealkylation sites (tertiary alicyclic amines) is 1. The predicted octanol–water partition coefficient (Wildman–Crippen LogP) is 5.51. The molecule has 4 aromatic rings. The van der Waals surface area contributed by atoms with Crippen LogP contribution in [0.2, 0.25) is 0 Å². The second-order valence-corrected chi connectivity index (χ2v) is 9.11. The molecule has 34 heavy (non-hydrogen) atoms. The SMILES string of the molecule is Cc1noc(C)c1COc1cccc(C(=O)N2CCC[C@H](Cc3ccc4ncccc4c3)C2)c1. The molecule has 6 heteroatoms. The van der Waals surface area contributed by atoms with Crippen LogP contribution in [0.3, 0.4) is 0 Å². The van der Waals surface area contributed by atoms with Crippen molar-refractivity contribution in [2.45, 2.75) is 39.7 Å². The molecule has 5 rings (SSSR count). The molecule has 1 aliphatic rings. The summed E-state index contributed by atoms with van der Waals surface area (Å²) >= 11 is 0. The first-order valence-corrected chi connectivity index (χ1v) is 11.8. The maximum absolute atomic E-state index is 13.3. The summed E-state index contributed by atoms with van der Waals surface area (Å²) in [4.78, 5) is 19.7. The van der Waals surface area contributed by atoms with Gasteiger partial charge in [0.1, 0.15) is 18.1 Å². The Hall–Kier alpha value is -3.67. The molecule has 1 fully saturated rings. The fraction of sp³-hybridized carbons (Fsp3) is 0.321. The predicted molar refractivity (Wildman–Crippen MR) is 131 cm³/mol. The lowest BCUT2D eigenvalue weighted by atomic mass is 9.90. The summed E-state index contributed by atoms with van der Waals surface area (Å²) in [6.07, 6.45) is 4.95. The standard InChI is InChI=1S/C28H29N3O3/c1-19-26(20(2)34-30-19)18-33-25-9-3-7-24(16-25)28(32)31-13-5-6-22(17-31)14-21-10-11-27-23(15-21)8-4-12-29-27/h3-4,7-12,15-16,22H,5-6,13-14,17-18H2,1-2H3/t22-/m1/s1. The Morgan fingerprint density at radius 1 is 1.15 bits per heavy atom. The summed E-state index contributed by atoms with van der Waals surface area (Å²) in [7, 11) is 0. The van der Waals surface area contributed by atoms with Crippen LogP contribution >= 0.6 is 0 Å². The lowest BCUT2D eigenvalue weighted by Gasteiger charge is -2.33. The molecule has 3 heterocycles. The van der Waals surface area contributed by atoms with Crippen molar-refractivity contribution < 1.29 is 14.1 Å². The Balaban J connectivity index is 1.23. The maximum atomic E-state index is 13.3. The molecule has 1 amide bonds. The highest BCUT2D eigenvalue weighted by molar-refractivity contribution is 5.94. The first-order valence-electron chi connectivity index (χ1n) is 11.8. The van der Waals surface area contributed by atoms with Gasteiger partial charge in [-0.25, -0.2) is 0 Å². The summed E-state index contributed by atoms with van der Waals surface area (Å²) in [5.74, 6) is 1.94. The molecule has 0 N–H and O–H groups in total. The van der Waals surface area contributed by atoms with Crippen molar-refractivity contribution in [2.75, 3.05) is 13.1 Å². The summed E-state index contributed by atoms with van der Waals surface area (Å²) in [5, 5.41) is 5.13. The number of fused-ring (bicyclic) bond motifs is 1. The van der Waals surface area contributed by atoms with E-state index in [4.69, 9.17) is 9.26 Å². The van der Waals surface area contributed by atoms with Gasteiger partial charge < -0.3 is 14.2 Å². The highest BCUT2D eigenvalue weighted by Crippen LogP contribution is 2.25. The molecule has 174 valence electrons. The van der Waals surface area contributed by atoms with E-state index in [1.54, 1.807) is 0 Å². The van der Waals surface area contributed by atoms with Gasteiger partial charge in [0, 0.05) is 30.2 Å². The van der Waals surface area contributed by atoms with Crippen molar-refractivity contribution in [2.24, 2.45) is 5.92 Å². The third-order valence-electron chi connectivity index (χ3n) is 6.64. The summed E-state index contributed by atoms with van der Waals surface area (Å²) in [6, 6.07) is 18.0. The Morgan fingerprint density at radius 3 is 2.91 bits per heavy atom. The van der Waals surface area contributed by atoms with E-state index in [9.17, 15) is 4.79 Å². The normalized spacial score (nSPS) is 16.1. The number of carbonyl (C=O) groups excluding carboxylic acids is 1. The zero-order chi connectivity index (χ0) is 23.5. The number of nitrogens with zero attached hydrogens (tertiary/aromatic N) is 3. The van der Waals surface area contributed by atoms with E-state index >= 15 is 0 Å². The number of rotatable bonds is 6. The summed E-state index contributed by atoms with van der Waals surface area (Å²) in [6.45, 7) is 5.71. The molecule has 0 radical (unpaired) electrons. The topological polar surface area (TPSA) is 68.5 Å². The van der Waals surface area contributed by atoms with Crippen molar-refractivity contribution >= 4 is 16.8 Å². The molecule has 0 bridgehead atoms. The highest BCUT2D eigenvalue weighted by atomic mass is 16.5. The smallest absolute Gasteiger partial charge is 0.253 e. The van der Waals surface area contributed by atoms with Gasteiger partial charge in [-0.15, -0.1) is 0 Å². The van der Waals surface area contributed by atoms with E-state index in [0.29, 0.717) is 23.8 Å². The maximum Gasteiger partial charge on any atom is 0.253 e. The van der Waals surface area contributed by atoms with Gasteiger partial charge in [0.25, 0.3) is 5.91 Å². The highest BCUT2D eigenvalue weighted by Gasteiger charge is 2.25. The number of amides is 1. The number of aryl methyl sites for hydroxylation is 2. The molecule has 2 aromatic heterocycles. The van der Waals surface area contributed by atoms with Crippen LogP contribution in [0.5, 0.6) is 5.75 Å². The monoisotopic (exact) mass is 455 g/mol. The first-order chi connectivity index (χ1) is 16.6. The van der Waals surface area contributed by atoms with Crippen molar-refractivity contribution in [1.82, 2.24) is 15.0 Å². The van der Waals surface area contributed by atoms with E-state index < -0.39 is 0 Å². The van der Waals surface area contributed by atoms with Crippen LogP contribution in [0.15, 0.2) is 65.3 Å². The first kappa shape index (κ1) is 22.1. The van der Waals surface area contributed by atoms with E-state index in [1.165, 1.54) is 5.56 Å². The average Bonchev–Trinajstić information content (AvgIpc) is 3.19. The van der Waals surface area contributed by atoms with Crippen LogP contribution < -0.4 is 4.74 Å². The van der Waals surface area contributed by atoms with Gasteiger partial charge in [-0.05, 0) is 81.0 Å². The lowest BCUT2D eigenvalue weighted by Crippen LogP contribution is -2.40. The molecule has 0 unspecified atom stereocenters. The van der Waals surface area contributed by atoms with Crippen LogP contribution in [0, 0.1) is 19.8 Å². The third kappa shape index (κ3) is 4.81. The second-order valence-electron chi connectivity index (χ2n) is 9.11. The molecule has 1 aliphatic heterocycles. The number of hydrogen-bond acceptors (Lipinski definition) is 5. The molecule has 6 nitrogen and oxygen atoms in total. The molecule has 0 spiro atoms. The molecule has 1 atom stereocenters. The minimum atomic E-state index is 0.0650. The van der Waals surface area contributed by atoms with E-state index in [-0.39, 0.29) is 5.91 Å². The van der Waals surface area contributed by atoms with E-state index in [0.717, 1.165) is 60.3 Å². The molecule has 0 saturated carbocycles. The van der Waals surface area contributed by atoms with E-state index in [1.807, 2.05) is 55.3 Å². The van der Waals surface area contributed by atoms with Gasteiger partial charge in [0.2, 0.25) is 0 Å². The number of benzene rings is 2. The summed E-state index contributed by atoms with van der Waals surface area (Å²) in [5.41, 5.74) is 4.75. The zero-order valence-electron chi connectivity index (χ0n) is 19.7. The Kier molecular flexibility index (Phi) is 6.30. The van der Waals surface area contributed by atoms with Crippen LogP contribution in [0.4, 0.5) is 0 Å². The van der Waals surface area contributed by atoms with Crippen molar-refractivity contribution in [3.63, 3.8) is 0 Å². The average molecular weight is 456 g/mol. The van der Waals surface area contributed by atoms with Gasteiger partial charge >= 0.3 is 0 Å². The Morgan fingerprint density at radius 2 is 2.06 bits per heavy atom. The fourth-order valence-electron chi connectivity index (χ4n) is 4.77. The summed E-state index contributed by atoms with van der Waals surface area (Å²) < 4.78 is 11.2. The van der Waals surface area contributed by atoms with Gasteiger partial charge in [0.15, 0.2) is 0 Å². The number of ether oxygens (including phenoxy) is 1. The zero-order valence-corrected chi connectivity index (χ0v) is 19.7. The Labute approximate surface area is 199 Å². The largest absolute Gasteiger partial charge is 0.489 e. The lowest BCUT2D eigenvalue weighted by molar-refractivity contribution is 0.0673. The Bertz CT molecular complexity index is 1290. The quantitative estimate of drug-likeness (QED) is 0.383. The van der Waals surface area contributed by atoms with E-state index in [2.05, 4.69) is 34.4 Å². The number of carbonyl (C=O) groups is 1. The minimum Gasteiger partial charge on any atom is -0.489 e. The number of hydrogen-bond donors (Lipinski definition) is 0. The minimum absolute atomic E-state index is 0.0650. The molecular formula is C28H29N3O3.